The highest BCUT2D eigenvalue weighted by Crippen LogP contribution is 2.36. The average Bonchev–Trinajstić information content (AvgIpc) is 2.73. The number of carbonyl (C=O) groups excluding carboxylic acids is 1. The molecule has 0 spiro atoms. The van der Waals surface area contributed by atoms with Gasteiger partial charge in [-0.1, -0.05) is 25.3 Å². The Morgan fingerprint density at radius 3 is 2.50 bits per heavy atom. The van der Waals surface area contributed by atoms with Gasteiger partial charge >= 0.3 is 0 Å². The van der Waals surface area contributed by atoms with E-state index in [-0.39, 0.29) is 10.8 Å². The number of sulfonamides is 1. The van der Waals surface area contributed by atoms with Crippen molar-refractivity contribution in [1.29, 1.82) is 0 Å². The van der Waals surface area contributed by atoms with Crippen LogP contribution >= 0.6 is 0 Å². The summed E-state index contributed by atoms with van der Waals surface area (Å²) in [7, 11) is -3.62. The second kappa shape index (κ2) is 8.13. The third-order valence-corrected chi connectivity index (χ3v) is 8.64. The van der Waals surface area contributed by atoms with E-state index >= 15 is 0 Å². The van der Waals surface area contributed by atoms with Crippen LogP contribution in [0.25, 0.3) is 0 Å². The molecule has 2 aliphatic heterocycles. The van der Waals surface area contributed by atoms with Gasteiger partial charge < -0.3 is 9.64 Å². The predicted octanol–water partition coefficient (Wildman–Crippen LogP) is 2.67. The number of ether oxygens (including phenoxy) is 1. The fourth-order valence-corrected chi connectivity index (χ4v) is 6.56. The van der Waals surface area contributed by atoms with E-state index in [2.05, 4.69) is 0 Å². The molecule has 1 amide bonds. The zero-order valence-corrected chi connectivity index (χ0v) is 17.4. The van der Waals surface area contributed by atoms with Gasteiger partial charge in [-0.05, 0) is 49.3 Å². The van der Waals surface area contributed by atoms with E-state index in [1.54, 1.807) is 25.1 Å². The lowest BCUT2D eigenvalue weighted by Gasteiger charge is -2.41. The number of hydrogen-bond acceptors (Lipinski definition) is 4. The van der Waals surface area contributed by atoms with E-state index in [9.17, 15) is 13.2 Å². The lowest BCUT2D eigenvalue weighted by atomic mass is 9.75. The van der Waals surface area contributed by atoms with Crippen LogP contribution in [-0.2, 0) is 14.8 Å². The lowest BCUT2D eigenvalue weighted by molar-refractivity contribution is 0.0520. The number of amides is 1. The second-order valence-corrected chi connectivity index (χ2v) is 10.2. The van der Waals surface area contributed by atoms with Crippen molar-refractivity contribution in [2.75, 3.05) is 39.4 Å². The molecule has 4 rings (SSSR count). The molecule has 0 N–H and O–H groups in total. The summed E-state index contributed by atoms with van der Waals surface area (Å²) in [6, 6.07) is 5.10. The molecule has 1 saturated carbocycles. The maximum Gasteiger partial charge on any atom is 0.253 e. The number of likely N-dealkylation sites (tertiary alicyclic amines) is 1. The van der Waals surface area contributed by atoms with E-state index in [1.165, 1.54) is 30.0 Å². The van der Waals surface area contributed by atoms with Crippen molar-refractivity contribution < 1.29 is 17.9 Å². The monoisotopic (exact) mass is 406 g/mol. The lowest BCUT2D eigenvalue weighted by Crippen LogP contribution is -2.45. The molecule has 3 aliphatic rings. The SMILES string of the molecule is Cc1ccc(C(=O)N2CC[C@@H]3CCCC[C@H]3C2)cc1S(=O)(=O)N1CCOCC1. The molecule has 0 radical (unpaired) electrons. The fourth-order valence-electron chi connectivity index (χ4n) is 4.90. The largest absolute Gasteiger partial charge is 0.379 e. The quantitative estimate of drug-likeness (QED) is 0.774. The minimum atomic E-state index is -3.62. The normalized spacial score (nSPS) is 26.7. The van der Waals surface area contributed by atoms with E-state index in [0.29, 0.717) is 43.3 Å². The number of aryl methyl sites for hydroxylation is 1. The van der Waals surface area contributed by atoms with Gasteiger partial charge in [-0.2, -0.15) is 4.31 Å². The molecule has 7 heteroatoms. The zero-order chi connectivity index (χ0) is 19.7. The van der Waals surface area contributed by atoms with E-state index in [0.717, 1.165) is 25.4 Å². The third-order valence-electron chi connectivity index (χ3n) is 6.60. The van der Waals surface area contributed by atoms with Crippen LogP contribution in [-0.4, -0.2) is 62.9 Å². The summed E-state index contributed by atoms with van der Waals surface area (Å²) >= 11 is 0. The van der Waals surface area contributed by atoms with Crippen LogP contribution in [0.3, 0.4) is 0 Å². The average molecular weight is 407 g/mol. The minimum Gasteiger partial charge on any atom is -0.379 e. The molecule has 1 aliphatic carbocycles. The molecule has 2 heterocycles. The van der Waals surface area contributed by atoms with Gasteiger partial charge in [-0.3, -0.25) is 4.79 Å². The first kappa shape index (κ1) is 19.9. The summed E-state index contributed by atoms with van der Waals surface area (Å²) < 4.78 is 32.9. The Labute approximate surface area is 167 Å². The summed E-state index contributed by atoms with van der Waals surface area (Å²) in [5, 5.41) is 0. The van der Waals surface area contributed by atoms with Crippen molar-refractivity contribution in [3.63, 3.8) is 0 Å². The Morgan fingerprint density at radius 1 is 1.04 bits per heavy atom. The van der Waals surface area contributed by atoms with Gasteiger partial charge in [-0.25, -0.2) is 8.42 Å². The number of nitrogens with zero attached hydrogens (tertiary/aromatic N) is 2. The fraction of sp³-hybridized carbons (Fsp3) is 0.667. The van der Waals surface area contributed by atoms with Crippen LogP contribution in [0.5, 0.6) is 0 Å². The third kappa shape index (κ3) is 3.84. The van der Waals surface area contributed by atoms with Crippen LogP contribution in [0.4, 0.5) is 0 Å². The van der Waals surface area contributed by atoms with Crippen LogP contribution in [0, 0.1) is 18.8 Å². The van der Waals surface area contributed by atoms with Gasteiger partial charge in [0, 0.05) is 31.7 Å². The Balaban J connectivity index is 1.55. The summed E-state index contributed by atoms with van der Waals surface area (Å²) in [6.45, 7) is 4.90. The first-order valence-corrected chi connectivity index (χ1v) is 11.9. The summed E-state index contributed by atoms with van der Waals surface area (Å²) in [6.07, 6.45) is 6.14. The zero-order valence-electron chi connectivity index (χ0n) is 16.6. The maximum absolute atomic E-state index is 13.1. The van der Waals surface area contributed by atoms with Crippen molar-refractivity contribution in [3.8, 4) is 0 Å². The van der Waals surface area contributed by atoms with Crippen LogP contribution in [0.2, 0.25) is 0 Å². The summed E-state index contributed by atoms with van der Waals surface area (Å²) in [5.74, 6) is 1.32. The number of morpholine rings is 1. The highest BCUT2D eigenvalue weighted by molar-refractivity contribution is 7.89. The number of rotatable bonds is 3. The Bertz CT molecular complexity index is 833. The van der Waals surface area contributed by atoms with Crippen molar-refractivity contribution in [2.45, 2.75) is 43.9 Å². The standard InChI is InChI=1S/C21H30N2O4S/c1-16-6-7-18(14-20(16)28(25,26)23-10-12-27-13-11-23)21(24)22-9-8-17-4-2-3-5-19(17)15-22/h6-7,14,17,19H,2-5,8-13,15H2,1H3/t17-,19-/m0/s1. The smallest absolute Gasteiger partial charge is 0.253 e. The van der Waals surface area contributed by atoms with Crippen LogP contribution in [0.15, 0.2) is 23.1 Å². The van der Waals surface area contributed by atoms with E-state index in [1.807, 2.05) is 4.90 Å². The number of carbonyl (C=O) groups is 1. The maximum atomic E-state index is 13.1. The Hall–Kier alpha value is -1.44. The van der Waals surface area contributed by atoms with Gasteiger partial charge in [0.2, 0.25) is 10.0 Å². The molecule has 154 valence electrons. The number of hydrogen-bond donors (Lipinski definition) is 0. The predicted molar refractivity (Wildman–Crippen MR) is 107 cm³/mol. The molecule has 28 heavy (non-hydrogen) atoms. The van der Waals surface area contributed by atoms with Gasteiger partial charge in [0.15, 0.2) is 0 Å². The number of piperidine rings is 1. The first-order valence-electron chi connectivity index (χ1n) is 10.4. The van der Waals surface area contributed by atoms with Crippen molar-refractivity contribution >= 4 is 15.9 Å². The van der Waals surface area contributed by atoms with Crippen molar-refractivity contribution in [2.24, 2.45) is 11.8 Å². The van der Waals surface area contributed by atoms with Crippen molar-refractivity contribution in [1.82, 2.24) is 9.21 Å². The molecule has 2 atom stereocenters. The molecule has 6 nitrogen and oxygen atoms in total. The minimum absolute atomic E-state index is 0.0394. The van der Waals surface area contributed by atoms with Crippen LogP contribution < -0.4 is 0 Å². The van der Waals surface area contributed by atoms with E-state index in [4.69, 9.17) is 4.74 Å². The highest BCUT2D eigenvalue weighted by Gasteiger charge is 2.34. The van der Waals surface area contributed by atoms with Gasteiger partial charge in [0.25, 0.3) is 5.91 Å². The molecule has 0 unspecified atom stereocenters. The van der Waals surface area contributed by atoms with Crippen molar-refractivity contribution in [3.05, 3.63) is 29.3 Å². The van der Waals surface area contributed by atoms with Gasteiger partial charge in [0.05, 0.1) is 18.1 Å². The van der Waals surface area contributed by atoms with E-state index < -0.39 is 10.0 Å². The molecule has 0 bridgehead atoms. The van der Waals surface area contributed by atoms with Gasteiger partial charge in [0.1, 0.15) is 0 Å². The van der Waals surface area contributed by atoms with Gasteiger partial charge in [-0.15, -0.1) is 0 Å². The Kier molecular flexibility index (Phi) is 5.76. The second-order valence-electron chi connectivity index (χ2n) is 8.34. The highest BCUT2D eigenvalue weighted by atomic mass is 32.2. The Morgan fingerprint density at radius 2 is 1.75 bits per heavy atom. The molecular formula is C21H30N2O4S. The molecular weight excluding hydrogens is 376 g/mol. The number of benzene rings is 1. The molecule has 2 saturated heterocycles. The summed E-state index contributed by atoms with van der Waals surface area (Å²) in [4.78, 5) is 15.3. The molecule has 1 aromatic rings. The molecule has 0 aromatic heterocycles. The number of fused-ring (bicyclic) bond motifs is 1. The van der Waals surface area contributed by atoms with Crippen LogP contribution in [0.1, 0.15) is 48.0 Å². The first-order chi connectivity index (χ1) is 13.5. The summed E-state index contributed by atoms with van der Waals surface area (Å²) in [5.41, 5.74) is 1.15. The topological polar surface area (TPSA) is 66.9 Å². The molecule has 3 fully saturated rings. The molecule has 1 aromatic carbocycles.